The Morgan fingerprint density at radius 3 is 2.19 bits per heavy atom. The van der Waals surface area contributed by atoms with Crippen LogP contribution in [0.25, 0.3) is 32.4 Å². The molecule has 5 atom stereocenters. The third-order valence-electron chi connectivity index (χ3n) is 10.7. The molecule has 2 N–H and O–H groups in total. The van der Waals surface area contributed by atoms with Gasteiger partial charge in [0.1, 0.15) is 5.75 Å². The lowest BCUT2D eigenvalue weighted by molar-refractivity contribution is 0.00428. The van der Waals surface area contributed by atoms with Crippen molar-refractivity contribution in [1.82, 2.24) is 20.5 Å². The summed E-state index contributed by atoms with van der Waals surface area (Å²) in [5.41, 5.74) is 4.52. The summed E-state index contributed by atoms with van der Waals surface area (Å²) in [6.45, 7) is 6.29. The molecule has 3 fully saturated rings. The van der Waals surface area contributed by atoms with Gasteiger partial charge in [-0.25, -0.2) is 0 Å². The number of rotatable bonds is 8. The highest BCUT2D eigenvalue weighted by molar-refractivity contribution is 7.80. The van der Waals surface area contributed by atoms with E-state index < -0.39 is 0 Å². The van der Waals surface area contributed by atoms with E-state index in [-0.39, 0.29) is 18.1 Å². The van der Waals surface area contributed by atoms with E-state index in [0.29, 0.717) is 16.9 Å². The molecule has 0 amide bonds. The number of fused-ring (bicyclic) bond motifs is 6. The van der Waals surface area contributed by atoms with Crippen LogP contribution in [0.4, 0.5) is 0 Å². The zero-order chi connectivity index (χ0) is 32.6. The molecule has 3 aliphatic rings. The lowest BCUT2D eigenvalue weighted by atomic mass is 9.73. The molecular formula is C42H40N4OS. The van der Waals surface area contributed by atoms with Crippen molar-refractivity contribution in [1.29, 1.82) is 0 Å². The van der Waals surface area contributed by atoms with Crippen LogP contribution in [0.3, 0.4) is 0 Å². The first-order chi connectivity index (χ1) is 23.6. The fourth-order valence-corrected chi connectivity index (χ4v) is 8.54. The standard InChI is InChI=1S/C42H40N4OS/c1-3-27-26-46-23-21-30(27)24-39(46)41(36-20-22-43-38-19-18-31(47-2)25-37(36)38)45-42(48)44-40(34-16-8-12-28-10-4-6-14-32(28)34)35-17-9-13-29-11-5-7-15-33(29)35/h3-20,22,25,27,30,39-41H,1,21,23-24,26H2,2H3,(H2,44,45,48)/t27-,30-,39+,41+/m0/s1. The Bertz CT molecular complexity index is 2060. The summed E-state index contributed by atoms with van der Waals surface area (Å²) >= 11 is 6.33. The van der Waals surface area contributed by atoms with E-state index >= 15 is 0 Å². The van der Waals surface area contributed by atoms with Crippen LogP contribution in [0.2, 0.25) is 0 Å². The number of piperidine rings is 3. The minimum absolute atomic E-state index is 0.0585. The van der Waals surface area contributed by atoms with E-state index in [1.165, 1.54) is 44.7 Å². The first kappa shape index (κ1) is 30.5. The Hall–Kier alpha value is -4.78. The molecule has 9 rings (SSSR count). The van der Waals surface area contributed by atoms with E-state index in [4.69, 9.17) is 21.9 Å². The Labute approximate surface area is 287 Å². The molecule has 3 aliphatic heterocycles. The van der Waals surface area contributed by atoms with E-state index in [2.05, 4.69) is 125 Å². The van der Waals surface area contributed by atoms with Crippen LogP contribution >= 0.6 is 12.2 Å². The number of aromatic nitrogens is 1. The second-order valence-electron chi connectivity index (χ2n) is 13.2. The SMILES string of the molecule is C=C[C@H]1CN2CC[C@H]1C[C@@H]2[C@H](NC(=S)NC(c1cccc2ccccc12)c1cccc2ccccc12)c1ccnc2ccc(OC)cc12. The molecule has 0 aliphatic carbocycles. The van der Waals surface area contributed by atoms with Gasteiger partial charge >= 0.3 is 0 Å². The Balaban J connectivity index is 1.22. The largest absolute Gasteiger partial charge is 0.497 e. The van der Waals surface area contributed by atoms with E-state index in [9.17, 15) is 0 Å². The minimum Gasteiger partial charge on any atom is -0.497 e. The van der Waals surface area contributed by atoms with Gasteiger partial charge in [0.25, 0.3) is 0 Å². The maximum absolute atomic E-state index is 6.33. The molecule has 4 heterocycles. The normalized spacial score (nSPS) is 21.0. The topological polar surface area (TPSA) is 49.4 Å². The van der Waals surface area contributed by atoms with Crippen molar-refractivity contribution in [3.05, 3.63) is 145 Å². The first-order valence-electron chi connectivity index (χ1n) is 16.9. The summed E-state index contributed by atoms with van der Waals surface area (Å²) in [6.07, 6.45) is 6.37. The van der Waals surface area contributed by atoms with E-state index in [1.54, 1.807) is 7.11 Å². The molecule has 5 aromatic carbocycles. The minimum atomic E-state index is -0.176. The number of nitrogens with zero attached hydrogens (tertiary/aromatic N) is 2. The van der Waals surface area contributed by atoms with Crippen molar-refractivity contribution >= 4 is 49.8 Å². The maximum Gasteiger partial charge on any atom is 0.167 e. The van der Waals surface area contributed by atoms with Crippen molar-refractivity contribution in [2.45, 2.75) is 31.0 Å². The summed E-state index contributed by atoms with van der Waals surface area (Å²) in [6, 6.07) is 38.6. The Morgan fingerprint density at radius 1 is 0.854 bits per heavy atom. The molecule has 5 nitrogen and oxygen atoms in total. The van der Waals surface area contributed by atoms with Crippen molar-refractivity contribution in [2.24, 2.45) is 11.8 Å². The second kappa shape index (κ2) is 13.0. The number of nitrogens with one attached hydrogen (secondary N) is 2. The van der Waals surface area contributed by atoms with Gasteiger partial charge in [-0.15, -0.1) is 6.58 Å². The molecule has 2 bridgehead atoms. The molecule has 0 saturated carbocycles. The summed E-state index contributed by atoms with van der Waals surface area (Å²) in [5, 5.41) is 14.3. The Morgan fingerprint density at radius 2 is 1.54 bits per heavy atom. The van der Waals surface area contributed by atoms with Crippen molar-refractivity contribution in [3.63, 3.8) is 0 Å². The predicted molar refractivity (Wildman–Crippen MR) is 201 cm³/mol. The molecule has 6 heteroatoms. The van der Waals surface area contributed by atoms with Crippen LogP contribution in [-0.4, -0.2) is 41.2 Å². The highest BCUT2D eigenvalue weighted by atomic mass is 32.1. The molecule has 0 radical (unpaired) electrons. The zero-order valence-corrected chi connectivity index (χ0v) is 28.0. The lowest BCUT2D eigenvalue weighted by Gasteiger charge is -2.52. The third-order valence-corrected chi connectivity index (χ3v) is 10.9. The van der Waals surface area contributed by atoms with Gasteiger partial charge in [-0.1, -0.05) is 91.0 Å². The van der Waals surface area contributed by atoms with Crippen LogP contribution in [0.1, 0.15) is 41.6 Å². The predicted octanol–water partition coefficient (Wildman–Crippen LogP) is 8.74. The summed E-state index contributed by atoms with van der Waals surface area (Å²) < 4.78 is 5.67. The zero-order valence-electron chi connectivity index (χ0n) is 27.2. The number of benzene rings is 5. The maximum atomic E-state index is 6.33. The van der Waals surface area contributed by atoms with Crippen LogP contribution in [0.5, 0.6) is 5.75 Å². The van der Waals surface area contributed by atoms with Crippen molar-refractivity contribution in [3.8, 4) is 5.75 Å². The van der Waals surface area contributed by atoms with Crippen molar-refractivity contribution in [2.75, 3.05) is 20.2 Å². The van der Waals surface area contributed by atoms with Gasteiger partial charge in [-0.2, -0.15) is 0 Å². The van der Waals surface area contributed by atoms with E-state index in [1.807, 2.05) is 18.3 Å². The molecule has 1 unspecified atom stereocenters. The van der Waals surface area contributed by atoms with Gasteiger partial charge < -0.3 is 15.4 Å². The molecule has 0 spiro atoms. The average Bonchev–Trinajstić information content (AvgIpc) is 3.15. The van der Waals surface area contributed by atoms with Crippen LogP contribution in [0.15, 0.2) is 128 Å². The fraction of sp³-hybridized carbons (Fsp3) is 0.238. The summed E-state index contributed by atoms with van der Waals surface area (Å²) in [5.74, 6) is 1.96. The number of methoxy groups -OCH3 is 1. The highest BCUT2D eigenvalue weighted by Gasteiger charge is 2.43. The van der Waals surface area contributed by atoms with Gasteiger partial charge in [0.15, 0.2) is 5.11 Å². The second-order valence-corrected chi connectivity index (χ2v) is 13.6. The van der Waals surface area contributed by atoms with Crippen LogP contribution in [0, 0.1) is 11.8 Å². The average molecular weight is 649 g/mol. The van der Waals surface area contributed by atoms with Gasteiger partial charge in [0.05, 0.1) is 24.7 Å². The molecule has 1 aromatic heterocycles. The fourth-order valence-electron chi connectivity index (χ4n) is 8.29. The van der Waals surface area contributed by atoms with Crippen molar-refractivity contribution < 1.29 is 4.74 Å². The highest BCUT2D eigenvalue weighted by Crippen LogP contribution is 2.43. The number of hydrogen-bond acceptors (Lipinski definition) is 4. The molecule has 240 valence electrons. The molecular weight excluding hydrogens is 609 g/mol. The van der Waals surface area contributed by atoms with Gasteiger partial charge in [-0.3, -0.25) is 9.88 Å². The molecule has 6 aromatic rings. The van der Waals surface area contributed by atoms with Crippen LogP contribution < -0.4 is 15.4 Å². The first-order valence-corrected chi connectivity index (χ1v) is 17.3. The number of thiocarbonyl (C=S) groups is 1. The summed E-state index contributed by atoms with van der Waals surface area (Å²) in [7, 11) is 1.72. The molecule has 3 saturated heterocycles. The Kier molecular flexibility index (Phi) is 8.29. The lowest BCUT2D eigenvalue weighted by Crippen LogP contribution is -2.58. The smallest absolute Gasteiger partial charge is 0.167 e. The number of pyridine rings is 1. The number of ether oxygens (including phenoxy) is 1. The quantitative estimate of drug-likeness (QED) is 0.127. The van der Waals surface area contributed by atoms with Gasteiger partial charge in [-0.05, 0) is 106 Å². The molecule has 48 heavy (non-hydrogen) atoms. The summed E-state index contributed by atoms with van der Waals surface area (Å²) in [4.78, 5) is 7.37. The van der Waals surface area contributed by atoms with E-state index in [0.717, 1.165) is 36.2 Å². The monoisotopic (exact) mass is 648 g/mol. The van der Waals surface area contributed by atoms with Gasteiger partial charge in [0.2, 0.25) is 0 Å². The van der Waals surface area contributed by atoms with Gasteiger partial charge in [0, 0.05) is 24.2 Å². The number of hydrogen-bond donors (Lipinski definition) is 2. The van der Waals surface area contributed by atoms with Crippen LogP contribution in [-0.2, 0) is 0 Å². The third kappa shape index (κ3) is 5.59.